The summed E-state index contributed by atoms with van der Waals surface area (Å²) < 4.78 is 0. The highest BCUT2D eigenvalue weighted by molar-refractivity contribution is 5.91. The van der Waals surface area contributed by atoms with E-state index < -0.39 is 5.54 Å². The van der Waals surface area contributed by atoms with E-state index in [0.29, 0.717) is 18.6 Å². The Morgan fingerprint density at radius 1 is 0.912 bits per heavy atom. The van der Waals surface area contributed by atoms with Gasteiger partial charge in [-0.15, -0.1) is 0 Å². The van der Waals surface area contributed by atoms with Crippen LogP contribution < -0.4 is 10.6 Å². The van der Waals surface area contributed by atoms with Gasteiger partial charge in [0.1, 0.15) is 11.3 Å². The Morgan fingerprint density at radius 3 is 1.94 bits per heavy atom. The summed E-state index contributed by atoms with van der Waals surface area (Å²) in [6, 6.07) is 4.34. The third-order valence-electron chi connectivity index (χ3n) is 7.64. The first-order chi connectivity index (χ1) is 15.8. The van der Waals surface area contributed by atoms with Crippen LogP contribution in [0.15, 0.2) is 12.1 Å². The van der Waals surface area contributed by atoms with Gasteiger partial charge in [0.2, 0.25) is 11.8 Å². The number of benzene rings is 1. The Morgan fingerprint density at radius 2 is 1.44 bits per heavy atom. The Hall–Kier alpha value is -2.04. The molecular weight excluding hydrogens is 424 g/mol. The first kappa shape index (κ1) is 26.6. The lowest BCUT2D eigenvalue weighted by Gasteiger charge is -2.37. The maximum absolute atomic E-state index is 13.3. The van der Waals surface area contributed by atoms with Crippen molar-refractivity contribution >= 4 is 11.8 Å². The number of aromatic hydroxyl groups is 1. The first-order valence-electron chi connectivity index (χ1n) is 13.3. The molecule has 5 heteroatoms. The monoisotopic (exact) mass is 470 g/mol. The predicted octanol–water partition coefficient (Wildman–Crippen LogP) is 5.80. The fraction of sp³-hybridized carbons (Fsp3) is 0.724. The van der Waals surface area contributed by atoms with Crippen LogP contribution in [-0.4, -0.2) is 28.5 Å². The molecule has 5 nitrogen and oxygen atoms in total. The van der Waals surface area contributed by atoms with E-state index in [4.69, 9.17) is 0 Å². The molecule has 0 aliphatic heterocycles. The minimum Gasteiger partial charge on any atom is -0.507 e. The molecule has 3 rings (SSSR count). The predicted molar refractivity (Wildman–Crippen MR) is 138 cm³/mol. The van der Waals surface area contributed by atoms with Crippen LogP contribution in [0.1, 0.15) is 122 Å². The maximum Gasteiger partial charge on any atom is 0.245 e. The topological polar surface area (TPSA) is 78.4 Å². The Bertz CT molecular complexity index is 845. The quantitative estimate of drug-likeness (QED) is 0.492. The molecule has 190 valence electrons. The van der Waals surface area contributed by atoms with E-state index in [-0.39, 0.29) is 28.7 Å². The molecule has 2 saturated carbocycles. The number of phenolic OH excluding ortho intramolecular Hbond substituents is 1. The van der Waals surface area contributed by atoms with Crippen LogP contribution in [0.5, 0.6) is 5.75 Å². The van der Waals surface area contributed by atoms with Gasteiger partial charge >= 0.3 is 0 Å². The lowest BCUT2D eigenvalue weighted by atomic mass is 9.78. The summed E-state index contributed by atoms with van der Waals surface area (Å²) in [5.74, 6) is 0.311. The second kappa shape index (κ2) is 10.3. The number of carbonyl (C=O) groups is 2. The summed E-state index contributed by atoms with van der Waals surface area (Å²) in [5, 5.41) is 17.4. The van der Waals surface area contributed by atoms with Crippen LogP contribution in [0.25, 0.3) is 0 Å². The molecule has 0 radical (unpaired) electrons. The smallest absolute Gasteiger partial charge is 0.245 e. The lowest BCUT2D eigenvalue weighted by molar-refractivity contribution is -0.135. The highest BCUT2D eigenvalue weighted by Crippen LogP contribution is 2.40. The fourth-order valence-corrected chi connectivity index (χ4v) is 5.53. The van der Waals surface area contributed by atoms with E-state index in [1.165, 1.54) is 12.8 Å². The second-order valence-electron chi connectivity index (χ2n) is 12.7. The minimum atomic E-state index is -0.764. The van der Waals surface area contributed by atoms with Crippen LogP contribution in [0, 0.1) is 0 Å². The standard InChI is InChI=1S/C29H46N2O3/c1-27(2,3)22-18-20(19-23(25(22)33)28(4,5)6)14-15-24(32)31-29(16-10-7-11-17-29)26(34)30-21-12-8-9-13-21/h18-19,21,33H,7-17H2,1-6H3,(H,30,34)(H,31,32). The number of hydrogen-bond donors (Lipinski definition) is 3. The van der Waals surface area contributed by atoms with Crippen LogP contribution in [0.2, 0.25) is 0 Å². The zero-order chi connectivity index (χ0) is 25.1. The van der Waals surface area contributed by atoms with Gasteiger partial charge in [0.05, 0.1) is 0 Å². The molecule has 0 unspecified atom stereocenters. The van der Waals surface area contributed by atoms with Gasteiger partial charge in [0.25, 0.3) is 0 Å². The van der Waals surface area contributed by atoms with Gasteiger partial charge in [-0.25, -0.2) is 0 Å². The molecule has 0 bridgehead atoms. The van der Waals surface area contributed by atoms with Gasteiger partial charge in [-0.1, -0.05) is 85.8 Å². The molecule has 2 aliphatic rings. The van der Waals surface area contributed by atoms with Gasteiger partial charge in [-0.3, -0.25) is 9.59 Å². The molecule has 1 aromatic carbocycles. The lowest BCUT2D eigenvalue weighted by Crippen LogP contribution is -2.61. The van der Waals surface area contributed by atoms with Crippen molar-refractivity contribution < 1.29 is 14.7 Å². The number of phenols is 1. The van der Waals surface area contributed by atoms with Crippen molar-refractivity contribution in [1.82, 2.24) is 10.6 Å². The van der Waals surface area contributed by atoms with Crippen molar-refractivity contribution in [2.45, 2.75) is 135 Å². The summed E-state index contributed by atoms with van der Waals surface area (Å²) in [6.07, 6.45) is 9.85. The Kier molecular flexibility index (Phi) is 8.04. The molecule has 2 aliphatic carbocycles. The summed E-state index contributed by atoms with van der Waals surface area (Å²) in [6.45, 7) is 12.6. The SMILES string of the molecule is CC(C)(C)c1cc(CCC(=O)NC2(C(=O)NC3CCCC3)CCCCC2)cc(C(C)(C)C)c1O. The van der Waals surface area contributed by atoms with Crippen molar-refractivity contribution in [3.8, 4) is 5.75 Å². The molecule has 2 amide bonds. The van der Waals surface area contributed by atoms with E-state index in [9.17, 15) is 14.7 Å². The number of amides is 2. The van der Waals surface area contributed by atoms with Gasteiger partial charge in [0.15, 0.2) is 0 Å². The van der Waals surface area contributed by atoms with Gasteiger partial charge in [-0.05, 0) is 59.6 Å². The largest absolute Gasteiger partial charge is 0.507 e. The third-order valence-corrected chi connectivity index (χ3v) is 7.64. The molecule has 0 saturated heterocycles. The van der Waals surface area contributed by atoms with Crippen molar-refractivity contribution in [2.24, 2.45) is 0 Å². The number of nitrogens with one attached hydrogen (secondary N) is 2. The molecule has 34 heavy (non-hydrogen) atoms. The van der Waals surface area contributed by atoms with E-state index in [0.717, 1.165) is 61.6 Å². The number of hydrogen-bond acceptors (Lipinski definition) is 3. The zero-order valence-corrected chi connectivity index (χ0v) is 22.3. The highest BCUT2D eigenvalue weighted by atomic mass is 16.3. The summed E-state index contributed by atoms with van der Waals surface area (Å²) in [7, 11) is 0. The molecule has 1 aromatic rings. The highest BCUT2D eigenvalue weighted by Gasteiger charge is 2.41. The maximum atomic E-state index is 13.3. The number of carbonyl (C=O) groups excluding carboxylic acids is 2. The molecule has 0 aromatic heterocycles. The summed E-state index contributed by atoms with van der Waals surface area (Å²) in [5.41, 5.74) is 1.71. The van der Waals surface area contributed by atoms with Crippen molar-refractivity contribution in [1.29, 1.82) is 0 Å². The minimum absolute atomic E-state index is 0.0159. The Balaban J connectivity index is 1.74. The van der Waals surface area contributed by atoms with E-state index >= 15 is 0 Å². The zero-order valence-electron chi connectivity index (χ0n) is 22.3. The molecule has 2 fully saturated rings. The van der Waals surface area contributed by atoms with E-state index in [1.54, 1.807) is 0 Å². The van der Waals surface area contributed by atoms with Gasteiger partial charge < -0.3 is 15.7 Å². The third kappa shape index (κ3) is 6.34. The average Bonchev–Trinajstić information content (AvgIpc) is 3.25. The molecule has 0 atom stereocenters. The second-order valence-corrected chi connectivity index (χ2v) is 12.7. The molecular formula is C29H46N2O3. The molecule has 0 heterocycles. The molecule has 3 N–H and O–H groups in total. The van der Waals surface area contributed by atoms with Crippen molar-refractivity contribution in [3.63, 3.8) is 0 Å². The van der Waals surface area contributed by atoms with Gasteiger partial charge in [0, 0.05) is 12.5 Å². The van der Waals surface area contributed by atoms with Crippen LogP contribution in [0.3, 0.4) is 0 Å². The van der Waals surface area contributed by atoms with Crippen molar-refractivity contribution in [2.75, 3.05) is 0 Å². The Labute approximate surface area is 206 Å². The van der Waals surface area contributed by atoms with Crippen LogP contribution in [0.4, 0.5) is 0 Å². The number of rotatable bonds is 6. The summed E-state index contributed by atoms with van der Waals surface area (Å²) in [4.78, 5) is 26.4. The fourth-order valence-electron chi connectivity index (χ4n) is 5.53. The van der Waals surface area contributed by atoms with E-state index in [2.05, 4.69) is 52.2 Å². The van der Waals surface area contributed by atoms with Gasteiger partial charge in [-0.2, -0.15) is 0 Å². The average molecular weight is 471 g/mol. The normalized spacial score (nSPS) is 19.1. The van der Waals surface area contributed by atoms with Crippen LogP contribution >= 0.6 is 0 Å². The number of aryl methyl sites for hydroxylation is 1. The summed E-state index contributed by atoms with van der Waals surface area (Å²) >= 11 is 0. The molecule has 0 spiro atoms. The van der Waals surface area contributed by atoms with Crippen LogP contribution in [-0.2, 0) is 26.8 Å². The van der Waals surface area contributed by atoms with Crippen molar-refractivity contribution in [3.05, 3.63) is 28.8 Å². The first-order valence-corrected chi connectivity index (χ1v) is 13.3. The van der Waals surface area contributed by atoms with E-state index in [1.807, 2.05) is 12.1 Å².